The molecule has 0 amide bonds. The monoisotopic (exact) mass is 443 g/mol. The Hall–Kier alpha value is -3.49. The first-order valence-corrected chi connectivity index (χ1v) is 10.0. The fraction of sp³-hybridized carbons (Fsp3) is 0.348. The van der Waals surface area contributed by atoms with E-state index >= 15 is 0 Å². The van der Waals surface area contributed by atoms with Crippen molar-refractivity contribution in [1.82, 2.24) is 14.3 Å². The third kappa shape index (κ3) is 3.57. The zero-order chi connectivity index (χ0) is 23.4. The summed E-state index contributed by atoms with van der Waals surface area (Å²) >= 11 is 0. The van der Waals surface area contributed by atoms with Crippen molar-refractivity contribution in [2.75, 3.05) is 7.11 Å². The molecule has 1 aliphatic rings. The second kappa shape index (κ2) is 7.58. The Kier molecular flexibility index (Phi) is 5.15. The highest BCUT2D eigenvalue weighted by atomic mass is 19.3. The molecule has 2 aromatic heterocycles. The lowest BCUT2D eigenvalue weighted by atomic mass is 9.78. The maximum absolute atomic E-state index is 13.0. The lowest BCUT2D eigenvalue weighted by Gasteiger charge is -2.39. The molecule has 0 bridgehead atoms. The molecule has 3 aromatic rings. The fourth-order valence-electron chi connectivity index (χ4n) is 4.22. The van der Waals surface area contributed by atoms with Gasteiger partial charge in [0, 0.05) is 41.2 Å². The molecule has 0 saturated heterocycles. The molecule has 1 aromatic carbocycles. The smallest absolute Gasteiger partial charge is 0.341 e. The quantitative estimate of drug-likeness (QED) is 0.636. The van der Waals surface area contributed by atoms with E-state index in [1.165, 1.54) is 31.8 Å². The molecule has 3 heterocycles. The van der Waals surface area contributed by atoms with Crippen LogP contribution in [0.2, 0.25) is 0 Å². The van der Waals surface area contributed by atoms with Crippen molar-refractivity contribution in [2.45, 2.75) is 39.8 Å². The van der Waals surface area contributed by atoms with Crippen LogP contribution in [0.5, 0.6) is 5.75 Å². The molecule has 4 rings (SSSR count). The van der Waals surface area contributed by atoms with Gasteiger partial charge >= 0.3 is 12.5 Å². The number of aromatic nitrogens is 3. The first-order valence-electron chi connectivity index (χ1n) is 10.0. The van der Waals surface area contributed by atoms with Gasteiger partial charge in [0.25, 0.3) is 0 Å². The van der Waals surface area contributed by atoms with Crippen LogP contribution in [0.1, 0.15) is 49.3 Å². The van der Waals surface area contributed by atoms with E-state index in [-0.39, 0.29) is 17.0 Å². The molecule has 1 aliphatic heterocycles. The Bertz CT molecular complexity index is 1270. The fourth-order valence-corrected chi connectivity index (χ4v) is 4.22. The third-order valence-corrected chi connectivity index (χ3v) is 5.87. The van der Waals surface area contributed by atoms with E-state index in [2.05, 4.69) is 5.10 Å². The molecule has 0 saturated carbocycles. The minimum absolute atomic E-state index is 0.131. The van der Waals surface area contributed by atoms with Crippen LogP contribution in [0.15, 0.2) is 41.6 Å². The van der Waals surface area contributed by atoms with Crippen molar-refractivity contribution in [3.8, 4) is 28.1 Å². The lowest BCUT2D eigenvalue weighted by molar-refractivity contribution is 0.0566. The number of ether oxygens (including phenoxy) is 1. The number of hydrogen-bond donors (Lipinski definition) is 1. The van der Waals surface area contributed by atoms with Gasteiger partial charge in [-0.2, -0.15) is 13.9 Å². The summed E-state index contributed by atoms with van der Waals surface area (Å²) in [5, 5.41) is 13.2. The number of nitrogens with zero attached hydrogens (tertiary/aromatic N) is 3. The minimum atomic E-state index is -2.75. The number of methoxy groups -OCH3 is 1. The van der Waals surface area contributed by atoms with Gasteiger partial charge in [-0.1, -0.05) is 20.8 Å². The molecular weight excluding hydrogens is 420 g/mol. The van der Waals surface area contributed by atoms with E-state index in [9.17, 15) is 23.5 Å². The Labute approximate surface area is 182 Å². The first-order chi connectivity index (χ1) is 15.0. The highest BCUT2D eigenvalue weighted by Crippen LogP contribution is 2.45. The highest BCUT2D eigenvalue weighted by molar-refractivity contribution is 5.88. The zero-order valence-corrected chi connectivity index (χ0v) is 18.1. The van der Waals surface area contributed by atoms with Crippen molar-refractivity contribution in [1.29, 1.82) is 0 Å². The summed E-state index contributed by atoms with van der Waals surface area (Å²) in [4.78, 5) is 24.1. The molecule has 0 radical (unpaired) electrons. The van der Waals surface area contributed by atoms with Crippen LogP contribution >= 0.6 is 0 Å². The standard InChI is InChI=1S/C23H23F2N3O4/c1-23(2,3)20-6-12-5-15(13-9-26-28(10-13)22(24)25)19(32-4)7-14(12)17-8-18(29)16(21(30)31)11-27(17)20/h5,7-11,20,22H,6H2,1-4H3,(H,30,31). The molecule has 32 heavy (non-hydrogen) atoms. The topological polar surface area (TPSA) is 86.3 Å². The van der Waals surface area contributed by atoms with Crippen LogP contribution in [-0.2, 0) is 6.42 Å². The summed E-state index contributed by atoms with van der Waals surface area (Å²) in [5.41, 5.74) is 2.23. The molecule has 0 spiro atoms. The molecular formula is C23H23F2N3O4. The van der Waals surface area contributed by atoms with Crippen LogP contribution in [0.25, 0.3) is 22.4 Å². The van der Waals surface area contributed by atoms with Crippen LogP contribution < -0.4 is 10.2 Å². The number of rotatable bonds is 4. The number of carboxylic acids is 1. The number of hydrogen-bond acceptors (Lipinski definition) is 4. The predicted octanol–water partition coefficient (Wildman–Crippen LogP) is 4.62. The number of aromatic carboxylic acids is 1. The average molecular weight is 443 g/mol. The number of benzene rings is 1. The third-order valence-electron chi connectivity index (χ3n) is 5.87. The Morgan fingerprint density at radius 1 is 1.22 bits per heavy atom. The summed E-state index contributed by atoms with van der Waals surface area (Å²) in [5.74, 6) is -0.833. The van der Waals surface area contributed by atoms with Gasteiger partial charge in [-0.25, -0.2) is 9.48 Å². The average Bonchev–Trinajstić information content (AvgIpc) is 3.21. The Morgan fingerprint density at radius 2 is 1.94 bits per heavy atom. The van der Waals surface area contributed by atoms with Crippen LogP contribution in [0.4, 0.5) is 8.78 Å². The van der Waals surface area contributed by atoms with Gasteiger partial charge in [0.15, 0.2) is 5.43 Å². The molecule has 0 aliphatic carbocycles. The van der Waals surface area contributed by atoms with Gasteiger partial charge in [-0.05, 0) is 29.5 Å². The van der Waals surface area contributed by atoms with Crippen molar-refractivity contribution < 1.29 is 23.4 Å². The van der Waals surface area contributed by atoms with Crippen molar-refractivity contribution in [3.63, 3.8) is 0 Å². The normalized spacial score (nSPS) is 15.4. The largest absolute Gasteiger partial charge is 0.496 e. The molecule has 1 atom stereocenters. The SMILES string of the molecule is COc1cc2c(cc1-c1cnn(C(F)F)c1)CC(C(C)(C)C)n1cc(C(=O)O)c(=O)cc1-2. The molecule has 168 valence electrons. The summed E-state index contributed by atoms with van der Waals surface area (Å²) < 4.78 is 34.0. The summed E-state index contributed by atoms with van der Waals surface area (Å²) in [6, 6.07) is 4.84. The maximum Gasteiger partial charge on any atom is 0.341 e. The minimum Gasteiger partial charge on any atom is -0.496 e. The number of carbonyl (C=O) groups is 1. The number of fused-ring (bicyclic) bond motifs is 3. The van der Waals surface area contributed by atoms with Crippen LogP contribution in [0, 0.1) is 5.41 Å². The zero-order valence-electron chi connectivity index (χ0n) is 18.1. The number of alkyl halides is 2. The number of carboxylic acid groups (broad SMARTS) is 1. The Morgan fingerprint density at radius 3 is 2.50 bits per heavy atom. The van der Waals surface area contributed by atoms with E-state index < -0.39 is 17.9 Å². The van der Waals surface area contributed by atoms with E-state index in [1.807, 2.05) is 31.4 Å². The van der Waals surface area contributed by atoms with Gasteiger partial charge in [0.05, 0.1) is 19.0 Å². The molecule has 1 N–H and O–H groups in total. The van der Waals surface area contributed by atoms with Gasteiger partial charge in [0.1, 0.15) is 11.3 Å². The predicted molar refractivity (Wildman–Crippen MR) is 114 cm³/mol. The van der Waals surface area contributed by atoms with E-state index in [4.69, 9.17) is 4.74 Å². The second-order valence-corrected chi connectivity index (χ2v) is 8.93. The van der Waals surface area contributed by atoms with Crippen LogP contribution in [0.3, 0.4) is 0 Å². The number of pyridine rings is 1. The van der Waals surface area contributed by atoms with E-state index in [0.717, 1.165) is 11.1 Å². The van der Waals surface area contributed by atoms with Crippen molar-refractivity contribution in [3.05, 3.63) is 58.1 Å². The number of halogens is 2. The van der Waals surface area contributed by atoms with Gasteiger partial charge < -0.3 is 14.4 Å². The van der Waals surface area contributed by atoms with E-state index in [0.29, 0.717) is 33.7 Å². The maximum atomic E-state index is 13.0. The molecule has 9 heteroatoms. The summed E-state index contributed by atoms with van der Waals surface area (Å²) in [6.07, 6.45) is 4.59. The highest BCUT2D eigenvalue weighted by Gasteiger charge is 2.34. The Balaban J connectivity index is 1.96. The summed E-state index contributed by atoms with van der Waals surface area (Å²) in [6.45, 7) is 3.38. The summed E-state index contributed by atoms with van der Waals surface area (Å²) in [7, 11) is 1.48. The van der Waals surface area contributed by atoms with Gasteiger partial charge in [-0.15, -0.1) is 0 Å². The lowest BCUT2D eigenvalue weighted by Crippen LogP contribution is -2.32. The molecule has 0 fully saturated rings. The van der Waals surface area contributed by atoms with Crippen molar-refractivity contribution in [2.24, 2.45) is 5.41 Å². The van der Waals surface area contributed by atoms with E-state index in [1.54, 1.807) is 6.07 Å². The van der Waals surface area contributed by atoms with Gasteiger partial charge in [0.2, 0.25) is 0 Å². The van der Waals surface area contributed by atoms with Gasteiger partial charge in [-0.3, -0.25) is 4.79 Å². The first kappa shape index (κ1) is 21.7. The molecule has 1 unspecified atom stereocenters. The van der Waals surface area contributed by atoms with Crippen molar-refractivity contribution >= 4 is 5.97 Å². The molecule has 7 nitrogen and oxygen atoms in total. The second-order valence-electron chi connectivity index (χ2n) is 8.93. The van der Waals surface area contributed by atoms with Crippen LogP contribution in [-0.4, -0.2) is 32.5 Å².